The summed E-state index contributed by atoms with van der Waals surface area (Å²) in [5.74, 6) is -3.31. The maximum absolute atomic E-state index is 13.3. The number of piperidine rings is 1. The van der Waals surface area contributed by atoms with Crippen molar-refractivity contribution in [1.82, 2.24) is 4.90 Å². The number of benzene rings is 1. The molecule has 1 fully saturated rings. The highest BCUT2D eigenvalue weighted by atomic mass is 19.3. The molecule has 1 aliphatic rings. The minimum absolute atomic E-state index is 0.0436. The van der Waals surface area contributed by atoms with Gasteiger partial charge in [0.15, 0.2) is 0 Å². The van der Waals surface area contributed by atoms with Gasteiger partial charge in [-0.1, -0.05) is 6.58 Å². The molecule has 1 unspecified atom stereocenters. The molecular formula is C16H18F2N2O2. The second-order valence-corrected chi connectivity index (χ2v) is 5.43. The normalized spacial score (nSPS) is 20.3. The van der Waals surface area contributed by atoms with Gasteiger partial charge in [0.1, 0.15) is 0 Å². The zero-order valence-corrected chi connectivity index (χ0v) is 12.3. The van der Waals surface area contributed by atoms with Gasteiger partial charge >= 0.3 is 0 Å². The van der Waals surface area contributed by atoms with Crippen LogP contribution in [0.1, 0.15) is 30.1 Å². The third-order valence-corrected chi connectivity index (χ3v) is 3.69. The third-order valence-electron chi connectivity index (χ3n) is 3.69. The van der Waals surface area contributed by atoms with Gasteiger partial charge in [0, 0.05) is 36.7 Å². The lowest BCUT2D eigenvalue weighted by molar-refractivity contribution is -0.111. The number of hydrogen-bond donors (Lipinski definition) is 1. The van der Waals surface area contributed by atoms with Crippen molar-refractivity contribution in [3.63, 3.8) is 0 Å². The topological polar surface area (TPSA) is 49.4 Å². The van der Waals surface area contributed by atoms with Crippen molar-refractivity contribution in [3.8, 4) is 0 Å². The Balaban J connectivity index is 2.07. The minimum atomic E-state index is -2.70. The molecule has 22 heavy (non-hydrogen) atoms. The fourth-order valence-corrected chi connectivity index (χ4v) is 2.51. The van der Waals surface area contributed by atoms with Crippen LogP contribution in [-0.2, 0) is 4.79 Å². The molecule has 4 nitrogen and oxygen atoms in total. The smallest absolute Gasteiger partial charge is 0.254 e. The summed E-state index contributed by atoms with van der Waals surface area (Å²) in [5, 5.41) is 2.58. The van der Waals surface area contributed by atoms with Crippen molar-refractivity contribution in [2.24, 2.45) is 0 Å². The second kappa shape index (κ2) is 6.25. The van der Waals surface area contributed by atoms with Crippen LogP contribution in [0.5, 0.6) is 0 Å². The first-order valence-corrected chi connectivity index (χ1v) is 7.05. The lowest BCUT2D eigenvalue weighted by atomic mass is 9.98. The number of carbonyl (C=O) groups excluding carboxylic acids is 2. The number of likely N-dealkylation sites (tertiary alicyclic amines) is 1. The summed E-state index contributed by atoms with van der Waals surface area (Å²) in [7, 11) is 0. The number of amides is 2. The van der Waals surface area contributed by atoms with Crippen molar-refractivity contribution in [2.75, 3.05) is 11.9 Å². The zero-order chi connectivity index (χ0) is 16.3. The fraction of sp³-hybridized carbons (Fsp3) is 0.375. The van der Waals surface area contributed by atoms with E-state index in [2.05, 4.69) is 11.9 Å². The van der Waals surface area contributed by atoms with Crippen molar-refractivity contribution in [1.29, 1.82) is 0 Å². The standard InChI is InChI=1S/C16H18F2N2O2/c1-3-14(21)19-13-6-4-12(5-7-13)15(22)20-9-8-16(17,18)10-11(20)2/h3-7,11H,1,8-10H2,2H3,(H,19,21). The molecule has 2 rings (SSSR count). The molecule has 0 bridgehead atoms. The van der Waals surface area contributed by atoms with Gasteiger partial charge in [-0.2, -0.15) is 0 Å². The molecule has 1 aromatic carbocycles. The predicted molar refractivity (Wildman–Crippen MR) is 79.9 cm³/mol. The van der Waals surface area contributed by atoms with E-state index in [0.717, 1.165) is 6.08 Å². The van der Waals surface area contributed by atoms with E-state index in [-0.39, 0.29) is 31.2 Å². The summed E-state index contributed by atoms with van der Waals surface area (Å²) in [6.45, 7) is 5.02. The Bertz CT molecular complexity index is 584. The van der Waals surface area contributed by atoms with Gasteiger partial charge in [0.2, 0.25) is 5.91 Å². The van der Waals surface area contributed by atoms with Crippen molar-refractivity contribution in [2.45, 2.75) is 31.7 Å². The molecule has 1 N–H and O–H groups in total. The quantitative estimate of drug-likeness (QED) is 0.872. The van der Waals surface area contributed by atoms with E-state index in [9.17, 15) is 18.4 Å². The maximum Gasteiger partial charge on any atom is 0.254 e. The van der Waals surface area contributed by atoms with Crippen LogP contribution in [-0.4, -0.2) is 35.2 Å². The van der Waals surface area contributed by atoms with Crippen LogP contribution in [0.4, 0.5) is 14.5 Å². The zero-order valence-electron chi connectivity index (χ0n) is 12.3. The minimum Gasteiger partial charge on any atom is -0.335 e. The maximum atomic E-state index is 13.3. The monoisotopic (exact) mass is 308 g/mol. The molecule has 1 saturated heterocycles. The summed E-state index contributed by atoms with van der Waals surface area (Å²) >= 11 is 0. The Kier molecular flexibility index (Phi) is 4.59. The van der Waals surface area contributed by atoms with E-state index in [1.54, 1.807) is 31.2 Å². The van der Waals surface area contributed by atoms with Crippen molar-refractivity contribution in [3.05, 3.63) is 42.5 Å². The second-order valence-electron chi connectivity index (χ2n) is 5.43. The Morgan fingerprint density at radius 2 is 2.00 bits per heavy atom. The van der Waals surface area contributed by atoms with Gasteiger partial charge in [-0.3, -0.25) is 9.59 Å². The number of hydrogen-bond acceptors (Lipinski definition) is 2. The number of halogens is 2. The number of alkyl halides is 2. The van der Waals surface area contributed by atoms with Gasteiger partial charge in [-0.15, -0.1) is 0 Å². The van der Waals surface area contributed by atoms with Gasteiger partial charge in [0.05, 0.1) is 0 Å². The average molecular weight is 308 g/mol. The van der Waals surface area contributed by atoms with E-state index in [0.29, 0.717) is 11.3 Å². The highest BCUT2D eigenvalue weighted by Gasteiger charge is 2.40. The lowest BCUT2D eigenvalue weighted by Crippen LogP contribution is -2.48. The third kappa shape index (κ3) is 3.69. The number of rotatable bonds is 3. The molecule has 1 aliphatic heterocycles. The Morgan fingerprint density at radius 1 is 1.36 bits per heavy atom. The molecule has 0 aliphatic carbocycles. The number of carbonyl (C=O) groups is 2. The summed E-state index contributed by atoms with van der Waals surface area (Å²) in [6.07, 6.45) is 0.525. The molecule has 0 saturated carbocycles. The molecule has 2 amide bonds. The molecule has 0 aromatic heterocycles. The Hall–Kier alpha value is -2.24. The Labute approximate surface area is 127 Å². The summed E-state index contributed by atoms with van der Waals surface area (Å²) in [6, 6.07) is 5.83. The van der Waals surface area contributed by atoms with Crippen molar-refractivity contribution >= 4 is 17.5 Å². The van der Waals surface area contributed by atoms with Gasteiger partial charge < -0.3 is 10.2 Å². The average Bonchev–Trinajstić information content (AvgIpc) is 2.46. The molecule has 6 heteroatoms. The summed E-state index contributed by atoms with van der Waals surface area (Å²) < 4.78 is 26.6. The highest BCUT2D eigenvalue weighted by Crippen LogP contribution is 2.32. The molecule has 1 atom stereocenters. The van der Waals surface area contributed by atoms with Gasteiger partial charge in [-0.05, 0) is 37.3 Å². The molecule has 0 spiro atoms. The van der Waals surface area contributed by atoms with Crippen LogP contribution in [0, 0.1) is 0 Å². The molecule has 118 valence electrons. The first-order valence-electron chi connectivity index (χ1n) is 7.05. The van der Waals surface area contributed by atoms with Crippen LogP contribution < -0.4 is 5.32 Å². The number of anilines is 1. The highest BCUT2D eigenvalue weighted by molar-refractivity contribution is 5.99. The number of nitrogens with zero attached hydrogens (tertiary/aromatic N) is 1. The first kappa shape index (κ1) is 16.1. The first-order chi connectivity index (χ1) is 10.3. The van der Waals surface area contributed by atoms with E-state index in [1.807, 2.05) is 0 Å². The van der Waals surface area contributed by atoms with E-state index in [4.69, 9.17) is 0 Å². The molecule has 1 aromatic rings. The van der Waals surface area contributed by atoms with Gasteiger partial charge in [-0.25, -0.2) is 8.78 Å². The number of nitrogens with one attached hydrogen (secondary N) is 1. The van der Waals surface area contributed by atoms with Gasteiger partial charge in [0.25, 0.3) is 11.8 Å². The Morgan fingerprint density at radius 3 is 2.55 bits per heavy atom. The largest absolute Gasteiger partial charge is 0.335 e. The van der Waals surface area contributed by atoms with Crippen LogP contribution >= 0.6 is 0 Å². The van der Waals surface area contributed by atoms with Crippen LogP contribution in [0.25, 0.3) is 0 Å². The lowest BCUT2D eigenvalue weighted by Gasteiger charge is -2.37. The summed E-state index contributed by atoms with van der Waals surface area (Å²) in [5.41, 5.74) is 0.952. The van der Waals surface area contributed by atoms with Crippen molar-refractivity contribution < 1.29 is 18.4 Å². The molecular weight excluding hydrogens is 290 g/mol. The molecule has 0 radical (unpaired) electrons. The SMILES string of the molecule is C=CC(=O)Nc1ccc(C(=O)N2CCC(F)(F)CC2C)cc1. The van der Waals surface area contributed by atoms with Crippen LogP contribution in [0.15, 0.2) is 36.9 Å². The van der Waals surface area contributed by atoms with E-state index >= 15 is 0 Å². The fourth-order valence-electron chi connectivity index (χ4n) is 2.51. The van der Waals surface area contributed by atoms with E-state index < -0.39 is 12.0 Å². The molecule has 1 heterocycles. The summed E-state index contributed by atoms with van der Waals surface area (Å²) in [4.78, 5) is 25.0. The van der Waals surface area contributed by atoms with Crippen LogP contribution in [0.3, 0.4) is 0 Å². The van der Waals surface area contributed by atoms with Crippen LogP contribution in [0.2, 0.25) is 0 Å². The predicted octanol–water partition coefficient (Wildman–Crippen LogP) is 3.07. The van der Waals surface area contributed by atoms with E-state index in [1.165, 1.54) is 4.90 Å².